The molecule has 0 aliphatic carbocycles. The lowest BCUT2D eigenvalue weighted by molar-refractivity contribution is 0.00472. The van der Waals surface area contributed by atoms with Crippen LogP contribution in [0.1, 0.15) is 46.5 Å². The molecule has 2 fully saturated rings. The number of nitrogens with zero attached hydrogens (tertiary/aromatic N) is 2. The van der Waals surface area contributed by atoms with Crippen molar-refractivity contribution in [2.45, 2.75) is 70.2 Å². The maximum Gasteiger partial charge on any atom is 0.410 e. The van der Waals surface area contributed by atoms with E-state index in [2.05, 4.69) is 24.3 Å². The molecule has 21 heavy (non-hydrogen) atoms. The van der Waals surface area contributed by atoms with E-state index in [1.807, 2.05) is 25.7 Å². The number of carbonyl (C=O) groups is 1. The number of carbonyl (C=O) groups excluding carboxylic acids is 1. The number of hydrogen-bond acceptors (Lipinski definition) is 4. The van der Waals surface area contributed by atoms with Crippen molar-refractivity contribution in [3.63, 3.8) is 0 Å². The molecule has 0 spiro atoms. The Morgan fingerprint density at radius 3 is 2.29 bits per heavy atom. The van der Waals surface area contributed by atoms with E-state index in [9.17, 15) is 4.79 Å². The zero-order valence-corrected chi connectivity index (χ0v) is 14.2. The Labute approximate surface area is 129 Å². The zero-order valence-electron chi connectivity index (χ0n) is 14.2. The molecular formula is C16H31N3O2. The van der Waals surface area contributed by atoms with Crippen LogP contribution in [-0.2, 0) is 4.74 Å². The molecule has 0 radical (unpaired) electrons. The first kappa shape index (κ1) is 16.6. The van der Waals surface area contributed by atoms with Crippen LogP contribution in [0.25, 0.3) is 0 Å². The fraction of sp³-hybridized carbons (Fsp3) is 0.938. The van der Waals surface area contributed by atoms with Crippen molar-refractivity contribution >= 4 is 6.09 Å². The van der Waals surface area contributed by atoms with E-state index in [1.54, 1.807) is 0 Å². The fourth-order valence-electron chi connectivity index (χ4n) is 3.45. The van der Waals surface area contributed by atoms with Crippen molar-refractivity contribution in [3.8, 4) is 0 Å². The molecule has 2 aliphatic rings. The zero-order chi connectivity index (χ0) is 15.6. The normalized spacial score (nSPS) is 29.0. The van der Waals surface area contributed by atoms with Gasteiger partial charge in [-0.15, -0.1) is 0 Å². The number of likely N-dealkylation sites (N-methyl/N-ethyl adjacent to an activating group) is 1. The summed E-state index contributed by atoms with van der Waals surface area (Å²) in [6, 6.07) is 1.26. The van der Waals surface area contributed by atoms with Gasteiger partial charge in [-0.05, 0) is 60.5 Å². The molecule has 1 amide bonds. The Balaban J connectivity index is 1.86. The maximum absolute atomic E-state index is 12.4. The first-order chi connectivity index (χ1) is 9.76. The second-order valence-electron chi connectivity index (χ2n) is 7.70. The Bertz CT molecular complexity index is 351. The summed E-state index contributed by atoms with van der Waals surface area (Å²) in [7, 11) is 4.19. The van der Waals surface area contributed by atoms with E-state index < -0.39 is 5.60 Å². The van der Waals surface area contributed by atoms with Gasteiger partial charge in [-0.3, -0.25) is 0 Å². The molecule has 0 aromatic rings. The number of ether oxygens (including phenoxy) is 1. The van der Waals surface area contributed by atoms with Gasteiger partial charge in [0.1, 0.15) is 5.60 Å². The Morgan fingerprint density at radius 2 is 1.81 bits per heavy atom. The van der Waals surface area contributed by atoms with Gasteiger partial charge in [0.2, 0.25) is 0 Å². The number of amides is 1. The smallest absolute Gasteiger partial charge is 0.410 e. The summed E-state index contributed by atoms with van der Waals surface area (Å²) in [6.45, 7) is 7.87. The number of nitrogens with one attached hydrogen (secondary N) is 1. The summed E-state index contributed by atoms with van der Waals surface area (Å²) >= 11 is 0. The molecule has 2 atom stereocenters. The van der Waals surface area contributed by atoms with Gasteiger partial charge in [0, 0.05) is 31.2 Å². The topological polar surface area (TPSA) is 44.8 Å². The minimum absolute atomic E-state index is 0.123. The number of hydrogen-bond donors (Lipinski definition) is 1. The van der Waals surface area contributed by atoms with Gasteiger partial charge in [-0.25, -0.2) is 4.79 Å². The molecule has 2 rings (SSSR count). The van der Waals surface area contributed by atoms with Gasteiger partial charge in [-0.2, -0.15) is 0 Å². The average Bonchev–Trinajstić information content (AvgIpc) is 2.59. The standard InChI is InChI=1S/C16H31N3O2/c1-16(2,3)21-15(20)19-13-6-7-14(19)11-12(10-13)17-8-9-18(4)5/h12-14,17H,6-11H2,1-5H3. The van der Waals surface area contributed by atoms with Crippen molar-refractivity contribution in [1.29, 1.82) is 0 Å². The molecule has 2 unspecified atom stereocenters. The fourth-order valence-corrected chi connectivity index (χ4v) is 3.45. The number of rotatable bonds is 4. The summed E-state index contributed by atoms with van der Waals surface area (Å²) in [6.07, 6.45) is 4.24. The lowest BCUT2D eigenvalue weighted by Crippen LogP contribution is -2.53. The molecule has 2 bridgehead atoms. The SMILES string of the molecule is CN(C)CCNC1CC2CCC(C1)N2C(=O)OC(C)(C)C. The van der Waals surface area contributed by atoms with Crippen LogP contribution in [0.2, 0.25) is 0 Å². The maximum atomic E-state index is 12.4. The summed E-state index contributed by atoms with van der Waals surface area (Å²) in [5.41, 5.74) is -0.405. The minimum Gasteiger partial charge on any atom is -0.444 e. The Morgan fingerprint density at radius 1 is 1.24 bits per heavy atom. The molecule has 1 N–H and O–H groups in total. The van der Waals surface area contributed by atoms with Crippen LogP contribution in [0.4, 0.5) is 4.79 Å². The summed E-state index contributed by atoms with van der Waals surface area (Å²) in [5.74, 6) is 0. The second-order valence-corrected chi connectivity index (χ2v) is 7.70. The summed E-state index contributed by atoms with van der Waals surface area (Å²) < 4.78 is 5.57. The highest BCUT2D eigenvalue weighted by atomic mass is 16.6. The molecule has 0 aromatic carbocycles. The van der Waals surface area contributed by atoms with E-state index in [4.69, 9.17) is 4.74 Å². The molecule has 2 saturated heterocycles. The van der Waals surface area contributed by atoms with Crippen LogP contribution in [0.5, 0.6) is 0 Å². The molecule has 5 nitrogen and oxygen atoms in total. The van der Waals surface area contributed by atoms with E-state index in [-0.39, 0.29) is 6.09 Å². The average molecular weight is 297 g/mol. The molecule has 0 saturated carbocycles. The summed E-state index contributed by atoms with van der Waals surface area (Å²) in [4.78, 5) is 16.6. The minimum atomic E-state index is -0.405. The van der Waals surface area contributed by atoms with E-state index >= 15 is 0 Å². The van der Waals surface area contributed by atoms with Crippen molar-refractivity contribution in [1.82, 2.24) is 15.1 Å². The van der Waals surface area contributed by atoms with Gasteiger partial charge in [0.25, 0.3) is 0 Å². The molecule has 5 heteroatoms. The van der Waals surface area contributed by atoms with Gasteiger partial charge < -0.3 is 19.9 Å². The third kappa shape index (κ3) is 4.58. The lowest BCUT2D eigenvalue weighted by atomic mass is 9.98. The van der Waals surface area contributed by atoms with Crippen LogP contribution in [-0.4, -0.2) is 66.8 Å². The predicted molar refractivity (Wildman–Crippen MR) is 84.5 cm³/mol. The highest BCUT2D eigenvalue weighted by Crippen LogP contribution is 2.36. The van der Waals surface area contributed by atoms with Gasteiger partial charge in [-0.1, -0.05) is 0 Å². The van der Waals surface area contributed by atoms with Crippen LogP contribution in [0.3, 0.4) is 0 Å². The van der Waals surface area contributed by atoms with Crippen molar-refractivity contribution < 1.29 is 9.53 Å². The molecule has 2 heterocycles. The molecule has 2 aliphatic heterocycles. The van der Waals surface area contributed by atoms with Crippen LogP contribution >= 0.6 is 0 Å². The quantitative estimate of drug-likeness (QED) is 0.863. The largest absolute Gasteiger partial charge is 0.444 e. The van der Waals surface area contributed by atoms with Gasteiger partial charge in [0.05, 0.1) is 0 Å². The predicted octanol–water partition coefficient (Wildman–Crippen LogP) is 2.07. The van der Waals surface area contributed by atoms with Gasteiger partial charge in [0.15, 0.2) is 0 Å². The van der Waals surface area contributed by atoms with E-state index in [0.29, 0.717) is 18.1 Å². The molecule has 0 aromatic heterocycles. The number of piperidine rings is 1. The van der Waals surface area contributed by atoms with Crippen molar-refractivity contribution in [2.24, 2.45) is 0 Å². The van der Waals surface area contributed by atoms with Crippen LogP contribution in [0, 0.1) is 0 Å². The summed E-state index contributed by atoms with van der Waals surface area (Å²) in [5, 5.41) is 3.64. The van der Waals surface area contributed by atoms with Gasteiger partial charge >= 0.3 is 6.09 Å². The third-order valence-electron chi connectivity index (χ3n) is 4.33. The number of fused-ring (bicyclic) bond motifs is 2. The van der Waals surface area contributed by atoms with Crippen LogP contribution in [0.15, 0.2) is 0 Å². The highest BCUT2D eigenvalue weighted by Gasteiger charge is 2.44. The van der Waals surface area contributed by atoms with E-state index in [0.717, 1.165) is 38.8 Å². The Kier molecular flexibility index (Phi) is 5.15. The molecule has 122 valence electrons. The monoisotopic (exact) mass is 297 g/mol. The third-order valence-corrected chi connectivity index (χ3v) is 4.33. The lowest BCUT2D eigenvalue weighted by Gasteiger charge is -2.39. The van der Waals surface area contributed by atoms with E-state index in [1.165, 1.54) is 0 Å². The molecular weight excluding hydrogens is 266 g/mol. The van der Waals surface area contributed by atoms with Crippen molar-refractivity contribution in [3.05, 3.63) is 0 Å². The second kappa shape index (κ2) is 6.53. The first-order valence-electron chi connectivity index (χ1n) is 8.15. The Hall–Kier alpha value is -0.810. The van der Waals surface area contributed by atoms with Crippen LogP contribution < -0.4 is 5.32 Å². The highest BCUT2D eigenvalue weighted by molar-refractivity contribution is 5.69. The van der Waals surface area contributed by atoms with Crippen molar-refractivity contribution in [2.75, 3.05) is 27.2 Å². The first-order valence-corrected chi connectivity index (χ1v) is 8.15.